The molecule has 1 fully saturated rings. The molecule has 0 radical (unpaired) electrons. The summed E-state index contributed by atoms with van der Waals surface area (Å²) in [6.07, 6.45) is 1.88. The van der Waals surface area contributed by atoms with E-state index in [1.807, 2.05) is 76.8 Å². The van der Waals surface area contributed by atoms with Crippen LogP contribution in [-0.4, -0.2) is 48.4 Å². The summed E-state index contributed by atoms with van der Waals surface area (Å²) in [5, 5.41) is 20.0. The van der Waals surface area contributed by atoms with Crippen molar-refractivity contribution < 1.29 is 14.6 Å². The first kappa shape index (κ1) is 26.9. The molecular weight excluding hydrogens is 436 g/mol. The smallest absolute Gasteiger partial charge is 0.182 e. The summed E-state index contributed by atoms with van der Waals surface area (Å²) in [5.41, 5.74) is 2.69. The molecule has 2 N–H and O–H groups in total. The van der Waals surface area contributed by atoms with Crippen molar-refractivity contribution in [3.63, 3.8) is 0 Å². The molecule has 1 heterocycles. The number of nitrogens with one attached hydrogen (secondary N) is 1. The van der Waals surface area contributed by atoms with Crippen molar-refractivity contribution >= 4 is 11.6 Å². The van der Waals surface area contributed by atoms with Crippen molar-refractivity contribution in [3.8, 4) is 5.75 Å². The highest BCUT2D eigenvalue weighted by atomic mass is 16.5. The topological polar surface area (TPSA) is 73.6 Å². The maximum Gasteiger partial charge on any atom is 0.182 e. The predicted molar refractivity (Wildman–Crippen MR) is 143 cm³/mol. The summed E-state index contributed by atoms with van der Waals surface area (Å²) in [6.45, 7) is 13.8. The third-order valence-electron chi connectivity index (χ3n) is 7.03. The molecule has 0 aliphatic carbocycles. The SMILES string of the molecule is COCCCC1CN(CC(=O)c2cc(C(C)(C)C)c(O)c(C(C)(C)C)c2)C(=N)C1c1ccccc1. The van der Waals surface area contributed by atoms with Crippen molar-refractivity contribution in [3.05, 3.63) is 64.7 Å². The molecule has 0 bridgehead atoms. The molecule has 0 amide bonds. The molecule has 5 nitrogen and oxygen atoms in total. The molecule has 0 aromatic heterocycles. The number of phenolic OH excluding ortho intramolecular Hbond substituents is 1. The van der Waals surface area contributed by atoms with E-state index in [1.165, 1.54) is 0 Å². The predicted octanol–water partition coefficient (Wildman–Crippen LogP) is 6.29. The molecule has 2 aromatic rings. The number of carbonyl (C=O) groups is 1. The Hall–Kier alpha value is -2.66. The van der Waals surface area contributed by atoms with Crippen molar-refractivity contribution in [2.45, 2.75) is 71.1 Å². The lowest BCUT2D eigenvalue weighted by Crippen LogP contribution is -2.32. The van der Waals surface area contributed by atoms with Gasteiger partial charge in [-0.25, -0.2) is 0 Å². The van der Waals surface area contributed by atoms with Crippen LogP contribution in [0.25, 0.3) is 0 Å². The summed E-state index contributed by atoms with van der Waals surface area (Å²) in [6, 6.07) is 13.9. The van der Waals surface area contributed by atoms with Gasteiger partial charge in [0.15, 0.2) is 5.78 Å². The van der Waals surface area contributed by atoms with Crippen LogP contribution in [0.3, 0.4) is 0 Å². The Balaban J connectivity index is 1.91. The zero-order valence-electron chi connectivity index (χ0n) is 22.4. The second-order valence-electron chi connectivity index (χ2n) is 11.9. The first-order chi connectivity index (χ1) is 16.3. The highest BCUT2D eigenvalue weighted by Crippen LogP contribution is 2.41. The van der Waals surface area contributed by atoms with Gasteiger partial charge in [0.25, 0.3) is 0 Å². The van der Waals surface area contributed by atoms with E-state index in [2.05, 4.69) is 12.1 Å². The van der Waals surface area contributed by atoms with Gasteiger partial charge in [-0.15, -0.1) is 0 Å². The molecule has 5 heteroatoms. The second-order valence-corrected chi connectivity index (χ2v) is 11.9. The Morgan fingerprint density at radius 3 is 2.14 bits per heavy atom. The summed E-state index contributed by atoms with van der Waals surface area (Å²) < 4.78 is 5.26. The average Bonchev–Trinajstić information content (AvgIpc) is 3.07. The minimum atomic E-state index is -0.300. The van der Waals surface area contributed by atoms with Gasteiger partial charge < -0.3 is 14.7 Å². The molecule has 1 aliphatic rings. The molecule has 0 saturated carbocycles. The van der Waals surface area contributed by atoms with E-state index in [4.69, 9.17) is 10.1 Å². The highest BCUT2D eigenvalue weighted by molar-refractivity contribution is 6.01. The fourth-order valence-electron chi connectivity index (χ4n) is 5.10. The van der Waals surface area contributed by atoms with E-state index in [0.717, 1.165) is 29.5 Å². The third-order valence-corrected chi connectivity index (χ3v) is 7.03. The maximum absolute atomic E-state index is 13.6. The number of methoxy groups -OCH3 is 1. The van der Waals surface area contributed by atoms with Gasteiger partial charge in [-0.05, 0) is 47.3 Å². The molecule has 2 aromatic carbocycles. The van der Waals surface area contributed by atoms with Gasteiger partial charge in [0.05, 0.1) is 6.54 Å². The van der Waals surface area contributed by atoms with Crippen LogP contribution in [0, 0.1) is 11.3 Å². The van der Waals surface area contributed by atoms with Crippen LogP contribution in [0.4, 0.5) is 0 Å². The second kappa shape index (κ2) is 10.5. The van der Waals surface area contributed by atoms with Crippen LogP contribution in [0.15, 0.2) is 42.5 Å². The number of carbonyl (C=O) groups excluding carboxylic acids is 1. The maximum atomic E-state index is 13.6. The Bertz CT molecular complexity index is 1010. The first-order valence-electron chi connectivity index (χ1n) is 12.6. The van der Waals surface area contributed by atoms with E-state index in [-0.39, 0.29) is 40.7 Å². The van der Waals surface area contributed by atoms with Gasteiger partial charge in [-0.1, -0.05) is 71.9 Å². The highest BCUT2D eigenvalue weighted by Gasteiger charge is 2.39. The largest absolute Gasteiger partial charge is 0.507 e. The molecule has 1 saturated heterocycles. The third kappa shape index (κ3) is 6.13. The number of hydrogen-bond donors (Lipinski definition) is 2. The standard InChI is InChI=1S/C30H42N2O3/c1-29(2,3)23-16-22(17-24(27(23)34)30(4,5)6)25(33)19-32-18-21(14-11-15-35-7)26(28(32)31)20-12-9-8-10-13-20/h8-10,12-13,16-17,21,26,31,34H,11,14-15,18-19H2,1-7H3. The van der Waals surface area contributed by atoms with E-state index >= 15 is 0 Å². The Kier molecular flexibility index (Phi) is 8.10. The number of Topliss-reactive ketones (excluding diaryl/α,β-unsaturated/α-hetero) is 1. The van der Waals surface area contributed by atoms with Crippen molar-refractivity contribution in [2.24, 2.45) is 5.92 Å². The number of ether oxygens (including phenoxy) is 1. The van der Waals surface area contributed by atoms with Crippen LogP contribution >= 0.6 is 0 Å². The molecule has 3 rings (SSSR count). The van der Waals surface area contributed by atoms with Crippen LogP contribution < -0.4 is 0 Å². The number of amidine groups is 1. The van der Waals surface area contributed by atoms with Gasteiger partial charge in [-0.3, -0.25) is 10.2 Å². The van der Waals surface area contributed by atoms with Crippen LogP contribution in [0.2, 0.25) is 0 Å². The number of ketones is 1. The average molecular weight is 479 g/mol. The molecular formula is C30H42N2O3. The molecule has 1 aliphatic heterocycles. The molecule has 190 valence electrons. The van der Waals surface area contributed by atoms with Crippen molar-refractivity contribution in [2.75, 3.05) is 26.8 Å². The minimum absolute atomic E-state index is 0.0176. The number of phenols is 1. The molecule has 35 heavy (non-hydrogen) atoms. The minimum Gasteiger partial charge on any atom is -0.507 e. The van der Waals surface area contributed by atoms with E-state index in [1.54, 1.807) is 7.11 Å². The fraction of sp³-hybridized carbons (Fsp3) is 0.533. The molecule has 0 spiro atoms. The van der Waals surface area contributed by atoms with Gasteiger partial charge >= 0.3 is 0 Å². The lowest BCUT2D eigenvalue weighted by atomic mass is 9.78. The van der Waals surface area contributed by atoms with E-state index < -0.39 is 0 Å². The van der Waals surface area contributed by atoms with Gasteiger partial charge in [0.1, 0.15) is 11.6 Å². The summed E-state index contributed by atoms with van der Waals surface area (Å²) in [4.78, 5) is 15.5. The van der Waals surface area contributed by atoms with E-state index in [0.29, 0.717) is 24.6 Å². The van der Waals surface area contributed by atoms with Gasteiger partial charge in [0.2, 0.25) is 0 Å². The fourth-order valence-corrected chi connectivity index (χ4v) is 5.10. The zero-order chi connectivity index (χ0) is 26.0. The number of benzene rings is 2. The molecule has 2 atom stereocenters. The summed E-state index contributed by atoms with van der Waals surface area (Å²) in [7, 11) is 1.71. The Labute approximate surface area is 211 Å². The zero-order valence-corrected chi connectivity index (χ0v) is 22.4. The lowest BCUT2D eigenvalue weighted by molar-refractivity contribution is 0.0962. The lowest BCUT2D eigenvalue weighted by Gasteiger charge is -2.28. The Morgan fingerprint density at radius 1 is 1.06 bits per heavy atom. The van der Waals surface area contributed by atoms with Crippen LogP contribution in [-0.2, 0) is 15.6 Å². The summed E-state index contributed by atoms with van der Waals surface area (Å²) in [5.74, 6) is 1.02. The Morgan fingerprint density at radius 2 is 1.63 bits per heavy atom. The number of aromatic hydroxyl groups is 1. The quantitative estimate of drug-likeness (QED) is 0.345. The number of hydrogen-bond acceptors (Lipinski definition) is 4. The van der Waals surface area contributed by atoms with Crippen molar-refractivity contribution in [1.82, 2.24) is 4.90 Å². The number of likely N-dealkylation sites (tertiary alicyclic amines) is 1. The number of rotatable bonds is 8. The first-order valence-corrected chi connectivity index (χ1v) is 12.6. The number of nitrogens with zero attached hydrogens (tertiary/aromatic N) is 1. The summed E-state index contributed by atoms with van der Waals surface area (Å²) >= 11 is 0. The monoisotopic (exact) mass is 478 g/mol. The van der Waals surface area contributed by atoms with Crippen molar-refractivity contribution in [1.29, 1.82) is 5.41 Å². The van der Waals surface area contributed by atoms with E-state index in [9.17, 15) is 9.90 Å². The molecule has 2 unspecified atom stereocenters. The normalized spacial score (nSPS) is 18.8. The van der Waals surface area contributed by atoms with Gasteiger partial charge in [-0.2, -0.15) is 0 Å². The van der Waals surface area contributed by atoms with Crippen LogP contribution in [0.1, 0.15) is 87.4 Å². The van der Waals surface area contributed by atoms with Crippen LogP contribution in [0.5, 0.6) is 5.75 Å². The van der Waals surface area contributed by atoms with Gasteiger partial charge in [0, 0.05) is 42.9 Å².